The first-order valence-electron chi connectivity index (χ1n) is 11.5. The van der Waals surface area contributed by atoms with Crippen LogP contribution in [0.1, 0.15) is 11.4 Å². The summed E-state index contributed by atoms with van der Waals surface area (Å²) < 4.78 is 3.52. The van der Waals surface area contributed by atoms with Crippen LogP contribution in [0.25, 0.3) is 32.9 Å². The molecule has 0 fully saturated rings. The SMILES string of the molecule is Cc1c(-c2cccc([N+](=O)[O-])c2)c2ccccc2n1CC(=O)O.Cc1cc2ccccc2n1CC(=O)O. The summed E-state index contributed by atoms with van der Waals surface area (Å²) in [5.74, 6) is -1.74. The predicted molar refractivity (Wildman–Crippen MR) is 141 cm³/mol. The van der Waals surface area contributed by atoms with Crippen LogP contribution in [0.2, 0.25) is 0 Å². The molecule has 0 saturated heterocycles. The summed E-state index contributed by atoms with van der Waals surface area (Å²) in [5, 5.41) is 30.9. The summed E-state index contributed by atoms with van der Waals surface area (Å²) >= 11 is 0. The van der Waals surface area contributed by atoms with Gasteiger partial charge in [0.2, 0.25) is 0 Å². The van der Waals surface area contributed by atoms with Gasteiger partial charge in [0.05, 0.1) is 4.92 Å². The Labute approximate surface area is 212 Å². The van der Waals surface area contributed by atoms with Crippen molar-refractivity contribution in [3.8, 4) is 11.1 Å². The van der Waals surface area contributed by atoms with Crippen LogP contribution in [-0.4, -0.2) is 36.2 Å². The Bertz CT molecular complexity index is 1650. The lowest BCUT2D eigenvalue weighted by Crippen LogP contribution is -2.09. The number of fused-ring (bicyclic) bond motifs is 2. The van der Waals surface area contributed by atoms with Crippen LogP contribution in [0.15, 0.2) is 78.9 Å². The van der Waals surface area contributed by atoms with Crippen LogP contribution in [0, 0.1) is 24.0 Å². The maximum atomic E-state index is 11.1. The number of nitro benzene ring substituents is 1. The first-order chi connectivity index (χ1) is 17.7. The third-order valence-corrected chi connectivity index (χ3v) is 6.18. The Hall–Kier alpha value is -4.92. The number of aromatic nitrogens is 2. The minimum Gasteiger partial charge on any atom is -0.480 e. The van der Waals surface area contributed by atoms with Crippen LogP contribution in [0.3, 0.4) is 0 Å². The van der Waals surface area contributed by atoms with Gasteiger partial charge < -0.3 is 19.3 Å². The van der Waals surface area contributed by atoms with Crippen molar-refractivity contribution in [3.05, 3.63) is 100 Å². The molecule has 2 aromatic heterocycles. The van der Waals surface area contributed by atoms with Gasteiger partial charge >= 0.3 is 11.9 Å². The predicted octanol–water partition coefficient (Wildman–Crippen LogP) is 5.64. The fourth-order valence-corrected chi connectivity index (χ4v) is 4.60. The van der Waals surface area contributed by atoms with E-state index in [1.54, 1.807) is 21.3 Å². The zero-order chi connectivity index (χ0) is 26.7. The standard InChI is InChI=1S/C17H14N2O4.C11H11NO2/c1-11-17(12-5-4-6-13(9-12)19(22)23)14-7-2-3-8-15(14)18(11)10-16(20)21;1-8-6-9-4-2-3-5-10(9)12(8)7-11(13)14/h2-9H,10H2,1H3,(H,20,21);2-6H,7H2,1H3,(H,13,14). The Morgan fingerprint density at radius 1 is 0.811 bits per heavy atom. The Morgan fingerprint density at radius 2 is 1.43 bits per heavy atom. The lowest BCUT2D eigenvalue weighted by molar-refractivity contribution is -0.384. The molecule has 9 nitrogen and oxygen atoms in total. The highest BCUT2D eigenvalue weighted by molar-refractivity contribution is 5.99. The molecule has 0 atom stereocenters. The largest absolute Gasteiger partial charge is 0.480 e. The molecule has 0 saturated carbocycles. The normalized spacial score (nSPS) is 10.8. The quantitative estimate of drug-likeness (QED) is 0.230. The summed E-state index contributed by atoms with van der Waals surface area (Å²) in [7, 11) is 0. The molecule has 2 N–H and O–H groups in total. The molecular formula is C28H25N3O6. The molecule has 5 aromatic rings. The maximum Gasteiger partial charge on any atom is 0.323 e. The summed E-state index contributed by atoms with van der Waals surface area (Å²) in [6.07, 6.45) is 0. The number of benzene rings is 3. The average Bonchev–Trinajstić information content (AvgIpc) is 3.32. The molecule has 0 spiro atoms. The van der Waals surface area contributed by atoms with E-state index in [0.29, 0.717) is 5.56 Å². The summed E-state index contributed by atoms with van der Waals surface area (Å²) in [6, 6.07) is 23.6. The average molecular weight is 500 g/mol. The van der Waals surface area contributed by atoms with E-state index in [2.05, 4.69) is 0 Å². The van der Waals surface area contributed by atoms with Crippen molar-refractivity contribution in [2.24, 2.45) is 0 Å². The number of carboxylic acid groups (broad SMARTS) is 2. The van der Waals surface area contributed by atoms with Gasteiger partial charge in [-0.25, -0.2) is 0 Å². The topological polar surface area (TPSA) is 128 Å². The van der Waals surface area contributed by atoms with E-state index in [4.69, 9.17) is 10.2 Å². The van der Waals surface area contributed by atoms with Gasteiger partial charge in [0.25, 0.3) is 5.69 Å². The monoisotopic (exact) mass is 499 g/mol. The van der Waals surface area contributed by atoms with Crippen molar-refractivity contribution >= 4 is 39.4 Å². The number of nitrogens with zero attached hydrogens (tertiary/aromatic N) is 3. The second-order valence-corrected chi connectivity index (χ2v) is 8.59. The summed E-state index contributed by atoms with van der Waals surface area (Å²) in [5.41, 5.74) is 5.07. The molecule has 0 amide bonds. The van der Waals surface area contributed by atoms with Crippen LogP contribution < -0.4 is 0 Å². The lowest BCUT2D eigenvalue weighted by atomic mass is 10.0. The molecule has 0 aliphatic rings. The molecule has 0 unspecified atom stereocenters. The number of aryl methyl sites for hydroxylation is 1. The molecule has 9 heteroatoms. The molecule has 2 heterocycles. The maximum absolute atomic E-state index is 11.1. The van der Waals surface area contributed by atoms with Gasteiger partial charge in [0, 0.05) is 45.5 Å². The molecule has 5 rings (SSSR count). The van der Waals surface area contributed by atoms with Crippen LogP contribution >= 0.6 is 0 Å². The van der Waals surface area contributed by atoms with Gasteiger partial charge in [0.15, 0.2) is 0 Å². The first kappa shape index (κ1) is 25.2. The van der Waals surface area contributed by atoms with Crippen molar-refractivity contribution in [3.63, 3.8) is 0 Å². The number of non-ortho nitro benzene ring substituents is 1. The number of nitro groups is 1. The second-order valence-electron chi connectivity index (χ2n) is 8.59. The van der Waals surface area contributed by atoms with Crippen molar-refractivity contribution in [2.75, 3.05) is 0 Å². The highest BCUT2D eigenvalue weighted by Gasteiger charge is 2.18. The Kier molecular flexibility index (Phi) is 7.06. The molecule has 0 aliphatic carbocycles. The van der Waals surface area contributed by atoms with Crippen LogP contribution in [-0.2, 0) is 22.7 Å². The van der Waals surface area contributed by atoms with Crippen molar-refractivity contribution in [2.45, 2.75) is 26.9 Å². The van der Waals surface area contributed by atoms with Gasteiger partial charge in [0.1, 0.15) is 13.1 Å². The van der Waals surface area contributed by atoms with E-state index in [9.17, 15) is 19.7 Å². The number of hydrogen-bond donors (Lipinski definition) is 2. The zero-order valence-corrected chi connectivity index (χ0v) is 20.3. The number of carbonyl (C=O) groups is 2. The lowest BCUT2D eigenvalue weighted by Gasteiger charge is -2.05. The van der Waals surface area contributed by atoms with E-state index >= 15 is 0 Å². The second kappa shape index (κ2) is 10.4. The fraction of sp³-hybridized carbons (Fsp3) is 0.143. The number of rotatable bonds is 6. The Morgan fingerprint density at radius 3 is 2.11 bits per heavy atom. The highest BCUT2D eigenvalue weighted by atomic mass is 16.6. The molecular weight excluding hydrogens is 474 g/mol. The van der Waals surface area contributed by atoms with E-state index in [1.807, 2.05) is 68.4 Å². The molecule has 3 aromatic carbocycles. The number of hydrogen-bond acceptors (Lipinski definition) is 4. The van der Waals surface area contributed by atoms with E-state index < -0.39 is 16.9 Å². The van der Waals surface area contributed by atoms with E-state index in [1.165, 1.54) is 12.1 Å². The van der Waals surface area contributed by atoms with E-state index in [0.717, 1.165) is 38.8 Å². The number of carboxylic acids is 2. The molecule has 0 bridgehead atoms. The number of aliphatic carboxylic acids is 2. The number of para-hydroxylation sites is 2. The van der Waals surface area contributed by atoms with Crippen molar-refractivity contribution in [1.29, 1.82) is 0 Å². The fourth-order valence-electron chi connectivity index (χ4n) is 4.60. The van der Waals surface area contributed by atoms with Crippen molar-refractivity contribution in [1.82, 2.24) is 9.13 Å². The van der Waals surface area contributed by atoms with Crippen molar-refractivity contribution < 1.29 is 24.7 Å². The first-order valence-corrected chi connectivity index (χ1v) is 11.5. The van der Waals surface area contributed by atoms with Crippen LogP contribution in [0.5, 0.6) is 0 Å². The smallest absolute Gasteiger partial charge is 0.323 e. The minimum atomic E-state index is -0.931. The third kappa shape index (κ3) is 5.20. The molecule has 37 heavy (non-hydrogen) atoms. The molecule has 188 valence electrons. The van der Waals surface area contributed by atoms with Gasteiger partial charge in [-0.1, -0.05) is 48.5 Å². The summed E-state index contributed by atoms with van der Waals surface area (Å²) in [4.78, 5) is 32.4. The van der Waals surface area contributed by atoms with Gasteiger partial charge in [-0.05, 0) is 43.0 Å². The third-order valence-electron chi connectivity index (χ3n) is 6.18. The summed E-state index contributed by atoms with van der Waals surface area (Å²) in [6.45, 7) is 3.63. The minimum absolute atomic E-state index is 0.0111. The van der Waals surface area contributed by atoms with E-state index in [-0.39, 0.29) is 18.8 Å². The van der Waals surface area contributed by atoms with Gasteiger partial charge in [-0.3, -0.25) is 19.7 Å². The van der Waals surface area contributed by atoms with Gasteiger partial charge in [-0.2, -0.15) is 0 Å². The van der Waals surface area contributed by atoms with Gasteiger partial charge in [-0.15, -0.1) is 0 Å². The van der Waals surface area contributed by atoms with Crippen LogP contribution in [0.4, 0.5) is 5.69 Å². The Balaban J connectivity index is 0.000000195. The highest BCUT2D eigenvalue weighted by Crippen LogP contribution is 2.35. The molecule has 0 radical (unpaired) electrons. The molecule has 0 aliphatic heterocycles. The zero-order valence-electron chi connectivity index (χ0n) is 20.3.